The first kappa shape index (κ1) is 26.3. The molecule has 0 fully saturated rings. The van der Waals surface area contributed by atoms with Crippen molar-refractivity contribution in [1.82, 2.24) is 10.2 Å². The molecule has 0 saturated heterocycles. The molecule has 11 heteroatoms. The highest BCUT2D eigenvalue weighted by molar-refractivity contribution is 7.92. The van der Waals surface area contributed by atoms with Crippen LogP contribution in [-0.2, 0) is 26.2 Å². The van der Waals surface area contributed by atoms with Gasteiger partial charge in [-0.3, -0.25) is 13.9 Å². The summed E-state index contributed by atoms with van der Waals surface area (Å²) in [6, 6.07) is 8.71. The average Bonchev–Trinajstić information content (AvgIpc) is 2.71. The number of nitrogens with one attached hydrogen (secondary N) is 1. The summed E-state index contributed by atoms with van der Waals surface area (Å²) in [5.74, 6) is -0.995. The number of benzene rings is 2. The lowest BCUT2D eigenvalue weighted by Gasteiger charge is -2.32. The summed E-state index contributed by atoms with van der Waals surface area (Å²) in [5, 5.41) is 3.62. The zero-order valence-corrected chi connectivity index (χ0v) is 21.1. The highest BCUT2D eigenvalue weighted by Gasteiger charge is 2.30. The maximum Gasteiger partial charge on any atom is 0.244 e. The highest BCUT2D eigenvalue weighted by atomic mass is 35.5. The van der Waals surface area contributed by atoms with Crippen LogP contribution in [-0.4, -0.2) is 51.0 Å². The Bertz CT molecular complexity index is 1130. The number of amides is 2. The van der Waals surface area contributed by atoms with Gasteiger partial charge in [-0.05, 0) is 49.2 Å². The van der Waals surface area contributed by atoms with E-state index >= 15 is 0 Å². The Morgan fingerprint density at radius 1 is 1.09 bits per heavy atom. The number of halogens is 3. The van der Waals surface area contributed by atoms with Gasteiger partial charge in [0.1, 0.15) is 12.6 Å². The van der Waals surface area contributed by atoms with Gasteiger partial charge in [0.15, 0.2) is 0 Å². The van der Waals surface area contributed by atoms with Crippen LogP contribution in [0.2, 0.25) is 15.1 Å². The first-order valence-corrected chi connectivity index (χ1v) is 12.5. The molecule has 0 aliphatic rings. The molecule has 0 spiro atoms. The van der Waals surface area contributed by atoms with Gasteiger partial charge in [0.2, 0.25) is 21.8 Å². The lowest BCUT2D eigenvalue weighted by Crippen LogP contribution is -2.50. The van der Waals surface area contributed by atoms with Gasteiger partial charge in [-0.15, -0.1) is 0 Å². The second-order valence-electron chi connectivity index (χ2n) is 7.20. The van der Waals surface area contributed by atoms with Gasteiger partial charge in [0, 0.05) is 28.7 Å². The van der Waals surface area contributed by atoms with Crippen molar-refractivity contribution in [2.75, 3.05) is 24.2 Å². The third-order valence-electron chi connectivity index (χ3n) is 4.96. The van der Waals surface area contributed by atoms with Crippen molar-refractivity contribution in [1.29, 1.82) is 0 Å². The normalized spacial score (nSPS) is 12.2. The second-order valence-corrected chi connectivity index (χ2v) is 10.4. The number of likely N-dealkylation sites (N-methyl/N-ethyl adjacent to an activating group) is 1. The molecule has 1 N–H and O–H groups in total. The largest absolute Gasteiger partial charge is 0.357 e. The average molecular weight is 521 g/mol. The molecule has 2 aromatic rings. The van der Waals surface area contributed by atoms with Gasteiger partial charge in [-0.25, -0.2) is 8.42 Å². The van der Waals surface area contributed by atoms with Crippen LogP contribution in [0.25, 0.3) is 0 Å². The minimum atomic E-state index is -3.84. The molecule has 0 saturated carbocycles. The Balaban J connectivity index is 2.46. The SMILES string of the molecule is CNC(=O)[C@@H](C)N(Cc1ccc(Cl)cc1Cl)C(=O)CN(c1cccc(Cl)c1C)S(C)(=O)=O. The molecule has 0 bridgehead atoms. The van der Waals surface area contributed by atoms with E-state index in [1.54, 1.807) is 44.2 Å². The molecule has 2 aromatic carbocycles. The lowest BCUT2D eigenvalue weighted by atomic mass is 10.1. The van der Waals surface area contributed by atoms with Crippen molar-refractivity contribution in [2.24, 2.45) is 0 Å². The van der Waals surface area contributed by atoms with E-state index < -0.39 is 34.4 Å². The first-order valence-electron chi connectivity index (χ1n) is 9.54. The Morgan fingerprint density at radius 2 is 1.75 bits per heavy atom. The fourth-order valence-corrected chi connectivity index (χ4v) is 4.62. The smallest absolute Gasteiger partial charge is 0.244 e. The Labute approximate surface area is 203 Å². The van der Waals surface area contributed by atoms with Crippen LogP contribution in [0.1, 0.15) is 18.1 Å². The summed E-state index contributed by atoms with van der Waals surface area (Å²) >= 11 is 18.4. The molecule has 0 aliphatic carbocycles. The van der Waals surface area contributed by atoms with E-state index in [2.05, 4.69) is 5.32 Å². The Morgan fingerprint density at radius 3 is 2.31 bits per heavy atom. The molecular formula is C21H24Cl3N3O4S. The molecule has 2 rings (SSSR count). The number of hydrogen-bond donors (Lipinski definition) is 1. The van der Waals surface area contributed by atoms with Gasteiger partial charge in [0.25, 0.3) is 0 Å². The van der Waals surface area contributed by atoms with Crippen molar-refractivity contribution in [3.8, 4) is 0 Å². The summed E-state index contributed by atoms with van der Waals surface area (Å²) in [4.78, 5) is 27.0. The van der Waals surface area contributed by atoms with Crippen molar-refractivity contribution < 1.29 is 18.0 Å². The van der Waals surface area contributed by atoms with E-state index in [-0.39, 0.29) is 12.2 Å². The molecule has 0 unspecified atom stereocenters. The third-order valence-corrected chi connectivity index (χ3v) is 7.08. The zero-order valence-electron chi connectivity index (χ0n) is 18.0. The van der Waals surface area contributed by atoms with Gasteiger partial charge < -0.3 is 10.2 Å². The van der Waals surface area contributed by atoms with E-state index in [4.69, 9.17) is 34.8 Å². The maximum atomic E-state index is 13.4. The Kier molecular flexibility index (Phi) is 8.82. The molecular weight excluding hydrogens is 497 g/mol. The molecule has 0 aromatic heterocycles. The van der Waals surface area contributed by atoms with E-state index in [1.807, 2.05) is 0 Å². The number of rotatable bonds is 8. The third kappa shape index (κ3) is 6.28. The Hall–Kier alpha value is -2.00. The van der Waals surface area contributed by atoms with Crippen LogP contribution in [0.15, 0.2) is 36.4 Å². The molecule has 174 valence electrons. The summed E-state index contributed by atoms with van der Waals surface area (Å²) in [6.07, 6.45) is 1.00. The van der Waals surface area contributed by atoms with Crippen molar-refractivity contribution >= 4 is 62.3 Å². The topological polar surface area (TPSA) is 86.8 Å². The van der Waals surface area contributed by atoms with E-state index in [0.717, 1.165) is 10.6 Å². The van der Waals surface area contributed by atoms with Gasteiger partial charge in [-0.1, -0.05) is 46.9 Å². The number of nitrogens with zero attached hydrogens (tertiary/aromatic N) is 2. The monoisotopic (exact) mass is 519 g/mol. The van der Waals surface area contributed by atoms with Crippen LogP contribution >= 0.6 is 34.8 Å². The molecule has 0 heterocycles. The van der Waals surface area contributed by atoms with Gasteiger partial charge in [0.05, 0.1) is 11.9 Å². The molecule has 0 aliphatic heterocycles. The van der Waals surface area contributed by atoms with Crippen LogP contribution in [0.3, 0.4) is 0 Å². The molecule has 0 radical (unpaired) electrons. The number of carbonyl (C=O) groups is 2. The van der Waals surface area contributed by atoms with Crippen molar-refractivity contribution in [3.05, 3.63) is 62.6 Å². The second kappa shape index (κ2) is 10.7. The summed E-state index contributed by atoms with van der Waals surface area (Å²) < 4.78 is 26.1. The van der Waals surface area contributed by atoms with Crippen molar-refractivity contribution in [2.45, 2.75) is 26.4 Å². The standard InChI is InChI=1S/C21H24Cl3N3O4S/c1-13-17(23)6-5-7-19(13)27(32(4,30)31)12-20(28)26(14(2)21(29)25-3)11-15-8-9-16(22)10-18(15)24/h5-10,14H,11-12H2,1-4H3,(H,25,29)/t14-/m1/s1. The summed E-state index contributed by atoms with van der Waals surface area (Å²) in [6.45, 7) is 2.68. The quantitative estimate of drug-likeness (QED) is 0.572. The van der Waals surface area contributed by atoms with E-state index in [0.29, 0.717) is 26.2 Å². The van der Waals surface area contributed by atoms with Crippen LogP contribution in [0, 0.1) is 6.92 Å². The minimum Gasteiger partial charge on any atom is -0.357 e. The molecule has 32 heavy (non-hydrogen) atoms. The number of hydrogen-bond acceptors (Lipinski definition) is 4. The fourth-order valence-electron chi connectivity index (χ4n) is 3.09. The fraction of sp³-hybridized carbons (Fsp3) is 0.333. The molecule has 1 atom stereocenters. The number of anilines is 1. The van der Waals surface area contributed by atoms with E-state index in [9.17, 15) is 18.0 Å². The predicted octanol–water partition coefficient (Wildman–Crippen LogP) is 3.88. The molecule has 2 amide bonds. The van der Waals surface area contributed by atoms with Crippen LogP contribution in [0.4, 0.5) is 5.69 Å². The van der Waals surface area contributed by atoms with Gasteiger partial charge in [-0.2, -0.15) is 0 Å². The predicted molar refractivity (Wildman–Crippen MR) is 129 cm³/mol. The highest BCUT2D eigenvalue weighted by Crippen LogP contribution is 2.29. The van der Waals surface area contributed by atoms with Crippen LogP contribution in [0.5, 0.6) is 0 Å². The number of sulfonamides is 1. The minimum absolute atomic E-state index is 0.0183. The maximum absolute atomic E-state index is 13.4. The number of carbonyl (C=O) groups excluding carboxylic acids is 2. The van der Waals surface area contributed by atoms with Crippen LogP contribution < -0.4 is 9.62 Å². The lowest BCUT2D eigenvalue weighted by molar-refractivity contribution is -0.139. The zero-order chi connectivity index (χ0) is 24.2. The van der Waals surface area contributed by atoms with E-state index in [1.165, 1.54) is 18.0 Å². The summed E-state index contributed by atoms with van der Waals surface area (Å²) in [7, 11) is -2.39. The van der Waals surface area contributed by atoms with Gasteiger partial charge >= 0.3 is 0 Å². The van der Waals surface area contributed by atoms with Crippen molar-refractivity contribution in [3.63, 3.8) is 0 Å². The molecule has 7 nitrogen and oxygen atoms in total. The summed E-state index contributed by atoms with van der Waals surface area (Å²) in [5.41, 5.74) is 1.36. The first-order chi connectivity index (χ1) is 14.9.